The molecule has 6 nitrogen and oxygen atoms in total. The average Bonchev–Trinajstić information content (AvgIpc) is 2.37. The van der Waals surface area contributed by atoms with Crippen LogP contribution in [0.1, 0.15) is 19.4 Å². The number of hydrogen-bond donors (Lipinski definition) is 1. The van der Waals surface area contributed by atoms with Gasteiger partial charge < -0.3 is 10.1 Å². The molecule has 0 radical (unpaired) electrons. The van der Waals surface area contributed by atoms with Gasteiger partial charge in [0, 0.05) is 17.3 Å². The lowest BCUT2D eigenvalue weighted by atomic mass is 10.1. The van der Waals surface area contributed by atoms with Gasteiger partial charge in [0.1, 0.15) is 6.04 Å². The van der Waals surface area contributed by atoms with Crippen LogP contribution in [0.4, 0.5) is 11.4 Å². The number of aryl methyl sites for hydroxylation is 1. The first-order chi connectivity index (χ1) is 8.49. The lowest BCUT2D eigenvalue weighted by Crippen LogP contribution is -2.27. The van der Waals surface area contributed by atoms with Crippen molar-refractivity contribution in [2.45, 2.75) is 26.3 Å². The molecule has 0 spiro atoms. The lowest BCUT2D eigenvalue weighted by Gasteiger charge is -2.13. The van der Waals surface area contributed by atoms with Gasteiger partial charge in [0.15, 0.2) is 0 Å². The molecule has 0 bridgehead atoms. The Morgan fingerprint density at radius 3 is 2.72 bits per heavy atom. The van der Waals surface area contributed by atoms with E-state index in [4.69, 9.17) is 0 Å². The molecular formula is C12H16N2O4. The van der Waals surface area contributed by atoms with E-state index < -0.39 is 16.9 Å². The summed E-state index contributed by atoms with van der Waals surface area (Å²) >= 11 is 0. The fraction of sp³-hybridized carbons (Fsp3) is 0.417. The Hall–Kier alpha value is -2.11. The summed E-state index contributed by atoms with van der Waals surface area (Å²) in [6, 6.07) is 4.27. The van der Waals surface area contributed by atoms with Crippen molar-refractivity contribution < 1.29 is 14.5 Å². The Kier molecular flexibility index (Phi) is 4.65. The van der Waals surface area contributed by atoms with Crippen molar-refractivity contribution in [3.05, 3.63) is 33.9 Å². The smallest absolute Gasteiger partial charge is 0.327 e. The highest BCUT2D eigenvalue weighted by Gasteiger charge is 2.16. The van der Waals surface area contributed by atoms with E-state index in [2.05, 4.69) is 10.1 Å². The zero-order chi connectivity index (χ0) is 13.7. The summed E-state index contributed by atoms with van der Waals surface area (Å²) in [7, 11) is 1.29. The van der Waals surface area contributed by atoms with E-state index >= 15 is 0 Å². The number of ether oxygens (including phenoxy) is 1. The summed E-state index contributed by atoms with van der Waals surface area (Å²) in [5, 5.41) is 13.8. The third-order valence-corrected chi connectivity index (χ3v) is 2.60. The number of hydrogen-bond acceptors (Lipinski definition) is 5. The van der Waals surface area contributed by atoms with Crippen molar-refractivity contribution in [2.24, 2.45) is 0 Å². The molecular weight excluding hydrogens is 236 g/mol. The van der Waals surface area contributed by atoms with Gasteiger partial charge in [-0.15, -0.1) is 0 Å². The lowest BCUT2D eigenvalue weighted by molar-refractivity contribution is -0.385. The molecule has 0 aliphatic carbocycles. The van der Waals surface area contributed by atoms with Crippen LogP contribution in [0.15, 0.2) is 18.2 Å². The van der Waals surface area contributed by atoms with Gasteiger partial charge in [-0.25, -0.2) is 4.79 Å². The molecule has 0 amide bonds. The van der Waals surface area contributed by atoms with Crippen LogP contribution in [0.2, 0.25) is 0 Å². The van der Waals surface area contributed by atoms with Gasteiger partial charge in [-0.1, -0.05) is 13.0 Å². The minimum atomic E-state index is -0.554. The zero-order valence-corrected chi connectivity index (χ0v) is 10.6. The van der Waals surface area contributed by atoms with Crippen LogP contribution in [-0.4, -0.2) is 24.0 Å². The van der Waals surface area contributed by atoms with Gasteiger partial charge in [0.2, 0.25) is 0 Å². The number of carbonyl (C=O) groups is 1. The van der Waals surface area contributed by atoms with Crippen LogP contribution in [0.25, 0.3) is 0 Å². The number of nitro groups is 1. The minimum absolute atomic E-state index is 0.0552. The molecule has 1 aromatic rings. The molecule has 1 atom stereocenters. The molecule has 0 saturated heterocycles. The summed E-state index contributed by atoms with van der Waals surface area (Å²) in [6.45, 7) is 3.48. The van der Waals surface area contributed by atoms with Gasteiger partial charge >= 0.3 is 5.97 Å². The van der Waals surface area contributed by atoms with Crippen molar-refractivity contribution in [2.75, 3.05) is 12.4 Å². The van der Waals surface area contributed by atoms with E-state index in [0.29, 0.717) is 17.7 Å². The molecule has 1 N–H and O–H groups in total. The SMILES string of the molecule is CCc1ccc(NC(C)C(=O)OC)cc1[N+](=O)[O-]. The van der Waals surface area contributed by atoms with Gasteiger partial charge in [0.05, 0.1) is 12.0 Å². The number of rotatable bonds is 5. The molecule has 18 heavy (non-hydrogen) atoms. The molecule has 0 saturated carbocycles. The topological polar surface area (TPSA) is 81.5 Å². The van der Waals surface area contributed by atoms with E-state index in [9.17, 15) is 14.9 Å². The molecule has 1 rings (SSSR count). The summed E-state index contributed by atoms with van der Waals surface area (Å²) in [4.78, 5) is 21.7. The minimum Gasteiger partial charge on any atom is -0.467 e. The first-order valence-corrected chi connectivity index (χ1v) is 5.61. The number of nitrogens with one attached hydrogen (secondary N) is 1. The maximum atomic E-state index is 11.2. The standard InChI is InChI=1S/C12H16N2O4/c1-4-9-5-6-10(7-11(9)14(16)17)13-8(2)12(15)18-3/h5-8,13H,4H2,1-3H3. The van der Waals surface area contributed by atoms with Crippen LogP contribution in [0.3, 0.4) is 0 Å². The van der Waals surface area contributed by atoms with E-state index in [-0.39, 0.29) is 5.69 Å². The number of esters is 1. The largest absolute Gasteiger partial charge is 0.467 e. The Labute approximate surface area is 105 Å². The van der Waals surface area contributed by atoms with E-state index in [1.807, 2.05) is 6.92 Å². The van der Waals surface area contributed by atoms with Crippen molar-refractivity contribution in [1.82, 2.24) is 0 Å². The molecule has 0 aliphatic rings. The number of nitro benzene ring substituents is 1. The van der Waals surface area contributed by atoms with Crippen LogP contribution in [0, 0.1) is 10.1 Å². The summed E-state index contributed by atoms with van der Waals surface area (Å²) in [5.41, 5.74) is 1.24. The van der Waals surface area contributed by atoms with E-state index in [0.717, 1.165) is 0 Å². The molecule has 0 fully saturated rings. The Morgan fingerprint density at radius 2 is 2.22 bits per heavy atom. The Bertz CT molecular complexity index is 459. The first kappa shape index (κ1) is 14.0. The van der Waals surface area contributed by atoms with Crippen LogP contribution >= 0.6 is 0 Å². The summed E-state index contributed by atoms with van der Waals surface area (Å²) in [5.74, 6) is -0.419. The third kappa shape index (κ3) is 3.19. The predicted molar refractivity (Wildman–Crippen MR) is 67.6 cm³/mol. The van der Waals surface area contributed by atoms with Crippen molar-refractivity contribution in [3.63, 3.8) is 0 Å². The quantitative estimate of drug-likeness (QED) is 0.493. The molecule has 6 heteroatoms. The number of methoxy groups -OCH3 is 1. The van der Waals surface area contributed by atoms with Crippen molar-refractivity contribution >= 4 is 17.3 Å². The van der Waals surface area contributed by atoms with Crippen LogP contribution in [-0.2, 0) is 16.0 Å². The second-order valence-electron chi connectivity index (χ2n) is 3.84. The van der Waals surface area contributed by atoms with E-state index in [1.54, 1.807) is 19.1 Å². The summed E-state index contributed by atoms with van der Waals surface area (Å²) < 4.78 is 4.57. The molecule has 1 unspecified atom stereocenters. The maximum absolute atomic E-state index is 11.2. The molecule has 0 aliphatic heterocycles. The highest BCUT2D eigenvalue weighted by atomic mass is 16.6. The van der Waals surface area contributed by atoms with Crippen molar-refractivity contribution in [3.8, 4) is 0 Å². The van der Waals surface area contributed by atoms with Gasteiger partial charge in [-0.05, 0) is 19.4 Å². The Balaban J connectivity index is 2.95. The highest BCUT2D eigenvalue weighted by Crippen LogP contribution is 2.24. The molecule has 98 valence electrons. The highest BCUT2D eigenvalue weighted by molar-refractivity contribution is 5.78. The van der Waals surface area contributed by atoms with Crippen LogP contribution < -0.4 is 5.32 Å². The predicted octanol–water partition coefficient (Wildman–Crippen LogP) is 2.13. The van der Waals surface area contributed by atoms with Gasteiger partial charge in [0.25, 0.3) is 5.69 Å². The fourth-order valence-corrected chi connectivity index (χ4v) is 1.61. The normalized spacial score (nSPS) is 11.7. The van der Waals surface area contributed by atoms with Crippen LogP contribution in [0.5, 0.6) is 0 Å². The Morgan fingerprint density at radius 1 is 1.56 bits per heavy atom. The molecule has 0 aromatic heterocycles. The number of carbonyl (C=O) groups excluding carboxylic acids is 1. The van der Waals surface area contributed by atoms with Gasteiger partial charge in [-0.3, -0.25) is 10.1 Å². The average molecular weight is 252 g/mol. The van der Waals surface area contributed by atoms with E-state index in [1.165, 1.54) is 13.2 Å². The van der Waals surface area contributed by atoms with Gasteiger partial charge in [-0.2, -0.15) is 0 Å². The third-order valence-electron chi connectivity index (χ3n) is 2.60. The molecule has 0 heterocycles. The zero-order valence-electron chi connectivity index (χ0n) is 10.6. The fourth-order valence-electron chi connectivity index (χ4n) is 1.61. The molecule has 1 aromatic carbocycles. The maximum Gasteiger partial charge on any atom is 0.327 e. The second kappa shape index (κ2) is 6.00. The number of benzene rings is 1. The monoisotopic (exact) mass is 252 g/mol. The second-order valence-corrected chi connectivity index (χ2v) is 3.84. The van der Waals surface area contributed by atoms with Crippen molar-refractivity contribution in [1.29, 1.82) is 0 Å². The number of nitrogens with zero attached hydrogens (tertiary/aromatic N) is 1. The number of anilines is 1. The summed E-state index contributed by atoms with van der Waals surface area (Å²) in [6.07, 6.45) is 0.586. The first-order valence-electron chi connectivity index (χ1n) is 5.61.